The predicted octanol–water partition coefficient (Wildman–Crippen LogP) is 3.09. The topological polar surface area (TPSA) is 93.2 Å². The lowest BCUT2D eigenvalue weighted by Crippen LogP contribution is -2.13. The second-order valence-electron chi connectivity index (χ2n) is 4.67. The smallest absolute Gasteiger partial charge is 0.272 e. The second kappa shape index (κ2) is 6.85. The number of ether oxygens (including phenoxy) is 1. The Kier molecular flexibility index (Phi) is 4.63. The molecule has 2 N–H and O–H groups in total. The maximum absolute atomic E-state index is 12.1. The van der Waals surface area contributed by atoms with Crippen LogP contribution in [-0.2, 0) is 10.0 Å². The van der Waals surface area contributed by atoms with Gasteiger partial charge >= 0.3 is 0 Å². The van der Waals surface area contributed by atoms with Crippen LogP contribution in [0, 0.1) is 0 Å². The minimum Gasteiger partial charge on any atom is -0.495 e. The number of hydrogen-bond donors (Lipinski definition) is 2. The van der Waals surface area contributed by atoms with Gasteiger partial charge in [0.25, 0.3) is 10.0 Å². The molecular weight excluding hydrogens is 348 g/mol. The molecule has 9 heteroatoms. The number of sulfonamides is 1. The van der Waals surface area contributed by atoms with Gasteiger partial charge in [0.05, 0.1) is 12.8 Å². The largest absolute Gasteiger partial charge is 0.495 e. The van der Waals surface area contributed by atoms with Crippen molar-refractivity contribution in [1.82, 2.24) is 10.2 Å². The first-order valence-corrected chi connectivity index (χ1v) is 9.25. The minimum atomic E-state index is -3.63. The van der Waals surface area contributed by atoms with Gasteiger partial charge in [-0.15, -0.1) is 21.5 Å². The highest BCUT2D eigenvalue weighted by molar-refractivity contribution is 7.94. The normalized spacial score (nSPS) is 11.0. The highest BCUT2D eigenvalue weighted by Gasteiger charge is 2.16. The van der Waals surface area contributed by atoms with Crippen LogP contribution in [0.15, 0.2) is 58.1 Å². The fourth-order valence-electron chi connectivity index (χ4n) is 1.94. The highest BCUT2D eigenvalue weighted by Crippen LogP contribution is 2.26. The lowest BCUT2D eigenvalue weighted by Gasteiger charge is -2.10. The Morgan fingerprint density at radius 2 is 1.75 bits per heavy atom. The van der Waals surface area contributed by atoms with Crippen molar-refractivity contribution in [3.8, 4) is 5.75 Å². The average molecular weight is 362 g/mol. The van der Waals surface area contributed by atoms with Crippen LogP contribution in [0.1, 0.15) is 0 Å². The van der Waals surface area contributed by atoms with E-state index in [4.69, 9.17) is 4.74 Å². The lowest BCUT2D eigenvalue weighted by molar-refractivity contribution is 0.417. The van der Waals surface area contributed by atoms with Gasteiger partial charge in [-0.25, -0.2) is 8.42 Å². The van der Waals surface area contributed by atoms with Crippen molar-refractivity contribution in [1.29, 1.82) is 0 Å². The summed E-state index contributed by atoms with van der Waals surface area (Å²) in [5, 5.41) is 12.6. The van der Waals surface area contributed by atoms with E-state index in [-0.39, 0.29) is 10.0 Å². The molecule has 0 fully saturated rings. The van der Waals surface area contributed by atoms with E-state index >= 15 is 0 Å². The maximum atomic E-state index is 12.1. The number of benzene rings is 1. The van der Waals surface area contributed by atoms with Crippen molar-refractivity contribution in [2.24, 2.45) is 0 Å². The van der Waals surface area contributed by atoms with E-state index < -0.39 is 10.0 Å². The molecule has 0 radical (unpaired) electrons. The van der Waals surface area contributed by atoms with E-state index in [0.717, 1.165) is 17.0 Å². The van der Waals surface area contributed by atoms with Crippen molar-refractivity contribution in [2.45, 2.75) is 4.21 Å². The van der Waals surface area contributed by atoms with Gasteiger partial charge in [0, 0.05) is 0 Å². The number of rotatable bonds is 6. The van der Waals surface area contributed by atoms with Crippen molar-refractivity contribution in [3.63, 3.8) is 0 Å². The predicted molar refractivity (Wildman–Crippen MR) is 93.4 cm³/mol. The monoisotopic (exact) mass is 362 g/mol. The number of para-hydroxylation sites is 2. The van der Waals surface area contributed by atoms with E-state index in [9.17, 15) is 8.42 Å². The van der Waals surface area contributed by atoms with Gasteiger partial charge in [0.15, 0.2) is 11.6 Å². The van der Waals surface area contributed by atoms with Gasteiger partial charge in [0.2, 0.25) is 0 Å². The zero-order chi connectivity index (χ0) is 17.0. The van der Waals surface area contributed by atoms with E-state index in [0.29, 0.717) is 11.6 Å². The summed E-state index contributed by atoms with van der Waals surface area (Å²) in [5.41, 5.74) is 0.737. The molecule has 3 aromatic rings. The fourth-order valence-corrected chi connectivity index (χ4v) is 3.93. The summed E-state index contributed by atoms with van der Waals surface area (Å²) in [6.45, 7) is 0. The first-order chi connectivity index (χ1) is 11.6. The molecular formula is C15H14N4O3S2. The van der Waals surface area contributed by atoms with Gasteiger partial charge in [-0.1, -0.05) is 18.2 Å². The molecule has 0 amide bonds. The Morgan fingerprint density at radius 1 is 1.00 bits per heavy atom. The SMILES string of the molecule is COc1ccccc1Nc1ccc(NS(=O)(=O)c2cccs2)nn1. The molecule has 0 aliphatic rings. The van der Waals surface area contributed by atoms with Gasteiger partial charge in [-0.05, 0) is 35.7 Å². The Balaban J connectivity index is 1.74. The van der Waals surface area contributed by atoms with Gasteiger partial charge in [-0.3, -0.25) is 4.72 Å². The number of thiophene rings is 1. The van der Waals surface area contributed by atoms with E-state index in [1.807, 2.05) is 24.3 Å². The molecule has 2 heterocycles. The summed E-state index contributed by atoms with van der Waals surface area (Å²) in [5.74, 6) is 1.29. The zero-order valence-corrected chi connectivity index (χ0v) is 14.3. The third-order valence-electron chi connectivity index (χ3n) is 3.03. The zero-order valence-electron chi connectivity index (χ0n) is 12.6. The Hall–Kier alpha value is -2.65. The summed E-state index contributed by atoms with van der Waals surface area (Å²) >= 11 is 1.13. The summed E-state index contributed by atoms with van der Waals surface area (Å²) in [4.78, 5) is 0. The highest BCUT2D eigenvalue weighted by atomic mass is 32.2. The molecule has 7 nitrogen and oxygen atoms in total. The first kappa shape index (κ1) is 16.2. The van der Waals surface area contributed by atoms with Crippen LogP contribution in [-0.4, -0.2) is 25.7 Å². The molecule has 0 aliphatic heterocycles. The van der Waals surface area contributed by atoms with Gasteiger partial charge in [0.1, 0.15) is 9.96 Å². The Labute approximate surface area is 143 Å². The quantitative estimate of drug-likeness (QED) is 0.700. The summed E-state index contributed by atoms with van der Waals surface area (Å²) in [7, 11) is -2.05. The molecule has 24 heavy (non-hydrogen) atoms. The number of methoxy groups -OCH3 is 1. The van der Waals surface area contributed by atoms with Crippen LogP contribution in [0.2, 0.25) is 0 Å². The minimum absolute atomic E-state index is 0.147. The number of aromatic nitrogens is 2. The molecule has 0 saturated carbocycles. The third-order valence-corrected chi connectivity index (χ3v) is 5.79. The molecule has 0 aliphatic carbocycles. The van der Waals surface area contributed by atoms with Crippen molar-refractivity contribution < 1.29 is 13.2 Å². The number of anilines is 3. The van der Waals surface area contributed by atoms with E-state index in [1.54, 1.807) is 24.6 Å². The molecule has 0 saturated heterocycles. The molecule has 1 aromatic carbocycles. The van der Waals surface area contributed by atoms with Crippen LogP contribution in [0.5, 0.6) is 5.75 Å². The standard InChI is InChI=1S/C15H14N4O3S2/c1-22-12-6-3-2-5-11(12)16-13-8-9-14(18-17-13)19-24(20,21)15-7-4-10-23-15/h2-10H,1H3,(H,16,17)(H,18,19). The number of nitrogens with zero attached hydrogens (tertiary/aromatic N) is 2. The Morgan fingerprint density at radius 3 is 2.42 bits per heavy atom. The molecule has 124 valence electrons. The molecule has 0 atom stereocenters. The summed E-state index contributed by atoms with van der Waals surface area (Å²) < 4.78 is 32.1. The van der Waals surface area contributed by atoms with Crippen LogP contribution < -0.4 is 14.8 Å². The Bertz CT molecular complexity index is 910. The molecule has 0 unspecified atom stereocenters. The lowest BCUT2D eigenvalue weighted by atomic mass is 10.3. The molecule has 2 aromatic heterocycles. The van der Waals surface area contributed by atoms with Crippen LogP contribution in [0.25, 0.3) is 0 Å². The second-order valence-corrected chi connectivity index (χ2v) is 7.52. The van der Waals surface area contributed by atoms with Crippen molar-refractivity contribution in [2.75, 3.05) is 17.1 Å². The molecule has 0 bridgehead atoms. The van der Waals surface area contributed by atoms with E-state index in [1.165, 1.54) is 12.1 Å². The van der Waals surface area contributed by atoms with E-state index in [2.05, 4.69) is 20.2 Å². The average Bonchev–Trinajstić information content (AvgIpc) is 3.12. The molecule has 0 spiro atoms. The third kappa shape index (κ3) is 3.63. The number of hydrogen-bond acceptors (Lipinski definition) is 7. The van der Waals surface area contributed by atoms with Crippen molar-refractivity contribution in [3.05, 3.63) is 53.9 Å². The molecule has 3 rings (SSSR count). The van der Waals surface area contributed by atoms with Crippen LogP contribution in [0.3, 0.4) is 0 Å². The maximum Gasteiger partial charge on any atom is 0.272 e. The van der Waals surface area contributed by atoms with Gasteiger partial charge < -0.3 is 10.1 Å². The fraction of sp³-hybridized carbons (Fsp3) is 0.0667. The number of nitrogens with one attached hydrogen (secondary N) is 2. The van der Waals surface area contributed by atoms with Crippen LogP contribution >= 0.6 is 11.3 Å². The van der Waals surface area contributed by atoms with Crippen molar-refractivity contribution >= 4 is 38.7 Å². The first-order valence-electron chi connectivity index (χ1n) is 6.88. The van der Waals surface area contributed by atoms with Gasteiger partial charge in [-0.2, -0.15) is 0 Å². The summed E-state index contributed by atoms with van der Waals surface area (Å²) in [6.07, 6.45) is 0. The summed E-state index contributed by atoms with van der Waals surface area (Å²) in [6, 6.07) is 13.7. The van der Waals surface area contributed by atoms with Crippen LogP contribution in [0.4, 0.5) is 17.3 Å².